The molecular formula is C7H3BrF3N3. The summed E-state index contributed by atoms with van der Waals surface area (Å²) in [6.45, 7) is 0. The standard InChI is InChI=1S/C7H3BrF3N3/c8-4-2-1-3-5(7(9,10)11)13-14-6(3)12-4/h1-2H,(H,12,13,14). The Kier molecular flexibility index (Phi) is 1.99. The van der Waals surface area contributed by atoms with Crippen molar-refractivity contribution in [1.82, 2.24) is 15.2 Å². The van der Waals surface area contributed by atoms with Gasteiger partial charge in [0.1, 0.15) is 10.3 Å². The van der Waals surface area contributed by atoms with Crippen molar-refractivity contribution >= 4 is 27.0 Å². The Balaban J connectivity index is 2.70. The number of fused-ring (bicyclic) bond motifs is 1. The van der Waals surface area contributed by atoms with Gasteiger partial charge in [-0.2, -0.15) is 18.3 Å². The Hall–Kier alpha value is -1.11. The zero-order valence-corrected chi connectivity index (χ0v) is 8.15. The highest BCUT2D eigenvalue weighted by atomic mass is 79.9. The summed E-state index contributed by atoms with van der Waals surface area (Å²) < 4.78 is 37.5. The molecule has 2 aromatic rings. The van der Waals surface area contributed by atoms with E-state index in [9.17, 15) is 13.2 Å². The lowest BCUT2D eigenvalue weighted by Gasteiger charge is -2.02. The van der Waals surface area contributed by atoms with E-state index in [1.165, 1.54) is 12.1 Å². The van der Waals surface area contributed by atoms with Gasteiger partial charge >= 0.3 is 6.18 Å². The van der Waals surface area contributed by atoms with E-state index in [0.717, 1.165) is 0 Å². The largest absolute Gasteiger partial charge is 0.433 e. The highest BCUT2D eigenvalue weighted by Crippen LogP contribution is 2.32. The lowest BCUT2D eigenvalue weighted by atomic mass is 10.2. The molecule has 0 atom stereocenters. The molecule has 0 aliphatic rings. The van der Waals surface area contributed by atoms with Crippen molar-refractivity contribution in [2.24, 2.45) is 0 Å². The van der Waals surface area contributed by atoms with Crippen LogP contribution in [0.15, 0.2) is 16.7 Å². The van der Waals surface area contributed by atoms with Crippen LogP contribution in [0.1, 0.15) is 5.69 Å². The zero-order valence-electron chi connectivity index (χ0n) is 6.56. The van der Waals surface area contributed by atoms with Crippen molar-refractivity contribution in [1.29, 1.82) is 0 Å². The minimum Gasteiger partial charge on any atom is -0.271 e. The third kappa shape index (κ3) is 1.47. The lowest BCUT2D eigenvalue weighted by Crippen LogP contribution is -2.05. The summed E-state index contributed by atoms with van der Waals surface area (Å²) in [5, 5.41) is 5.36. The van der Waals surface area contributed by atoms with E-state index in [0.29, 0.717) is 4.60 Å². The number of H-pyrrole nitrogens is 1. The third-order valence-corrected chi connectivity index (χ3v) is 2.11. The van der Waals surface area contributed by atoms with Gasteiger partial charge in [-0.3, -0.25) is 5.10 Å². The van der Waals surface area contributed by atoms with E-state index < -0.39 is 11.9 Å². The van der Waals surface area contributed by atoms with Gasteiger partial charge in [-0.05, 0) is 28.1 Å². The van der Waals surface area contributed by atoms with Crippen LogP contribution in [0.3, 0.4) is 0 Å². The summed E-state index contributed by atoms with van der Waals surface area (Å²) in [5.74, 6) is 0. The predicted molar refractivity (Wildman–Crippen MR) is 46.6 cm³/mol. The number of alkyl halides is 3. The number of halogens is 4. The third-order valence-electron chi connectivity index (χ3n) is 1.67. The van der Waals surface area contributed by atoms with Crippen molar-refractivity contribution in [2.75, 3.05) is 0 Å². The number of nitrogens with zero attached hydrogens (tertiary/aromatic N) is 2. The Morgan fingerprint density at radius 1 is 1.29 bits per heavy atom. The van der Waals surface area contributed by atoms with E-state index in [-0.39, 0.29) is 11.0 Å². The monoisotopic (exact) mass is 265 g/mol. The van der Waals surface area contributed by atoms with E-state index in [1.54, 1.807) is 0 Å². The molecule has 0 aliphatic carbocycles. The molecule has 2 rings (SSSR count). The molecule has 0 aliphatic heterocycles. The average Bonchev–Trinajstić information content (AvgIpc) is 2.45. The van der Waals surface area contributed by atoms with Gasteiger partial charge in [0, 0.05) is 0 Å². The molecule has 0 bridgehead atoms. The number of aromatic nitrogens is 3. The maximum atomic E-state index is 12.3. The lowest BCUT2D eigenvalue weighted by molar-refractivity contribution is -0.139. The van der Waals surface area contributed by atoms with Crippen LogP contribution in [0.2, 0.25) is 0 Å². The van der Waals surface area contributed by atoms with Gasteiger partial charge in [-0.1, -0.05) is 0 Å². The maximum Gasteiger partial charge on any atom is 0.433 e. The van der Waals surface area contributed by atoms with E-state index >= 15 is 0 Å². The fourth-order valence-corrected chi connectivity index (χ4v) is 1.39. The van der Waals surface area contributed by atoms with Crippen molar-refractivity contribution in [2.45, 2.75) is 6.18 Å². The molecule has 0 unspecified atom stereocenters. The number of rotatable bonds is 0. The summed E-state index contributed by atoms with van der Waals surface area (Å²) in [6.07, 6.45) is -4.43. The van der Waals surface area contributed by atoms with Gasteiger partial charge in [0.2, 0.25) is 0 Å². The van der Waals surface area contributed by atoms with Gasteiger partial charge in [-0.25, -0.2) is 4.98 Å². The second kappa shape index (κ2) is 2.94. The van der Waals surface area contributed by atoms with Gasteiger partial charge in [-0.15, -0.1) is 0 Å². The summed E-state index contributed by atoms with van der Waals surface area (Å²) in [4.78, 5) is 3.78. The van der Waals surface area contributed by atoms with Gasteiger partial charge < -0.3 is 0 Å². The van der Waals surface area contributed by atoms with Gasteiger partial charge in [0.05, 0.1) is 5.39 Å². The molecule has 1 N–H and O–H groups in total. The summed E-state index contributed by atoms with van der Waals surface area (Å²) >= 11 is 3.05. The van der Waals surface area contributed by atoms with Crippen LogP contribution in [0.25, 0.3) is 11.0 Å². The SMILES string of the molecule is FC(F)(F)c1[nH]nc2nc(Br)ccc12. The molecule has 74 valence electrons. The van der Waals surface area contributed by atoms with Crippen molar-refractivity contribution in [3.63, 3.8) is 0 Å². The Morgan fingerprint density at radius 2 is 2.00 bits per heavy atom. The van der Waals surface area contributed by atoms with E-state index in [2.05, 4.69) is 26.0 Å². The maximum absolute atomic E-state index is 12.3. The molecule has 2 heterocycles. The van der Waals surface area contributed by atoms with Crippen LogP contribution >= 0.6 is 15.9 Å². The van der Waals surface area contributed by atoms with Gasteiger partial charge in [0.25, 0.3) is 0 Å². The van der Waals surface area contributed by atoms with E-state index in [4.69, 9.17) is 0 Å². The summed E-state index contributed by atoms with van der Waals surface area (Å²) in [6, 6.07) is 2.76. The minimum atomic E-state index is -4.43. The summed E-state index contributed by atoms with van der Waals surface area (Å²) in [7, 11) is 0. The summed E-state index contributed by atoms with van der Waals surface area (Å²) in [5.41, 5.74) is -0.820. The Bertz CT molecular complexity index is 476. The Labute approximate surface area is 84.5 Å². The van der Waals surface area contributed by atoms with Crippen LogP contribution in [-0.2, 0) is 6.18 Å². The number of aromatic amines is 1. The number of hydrogen-bond acceptors (Lipinski definition) is 2. The molecule has 2 aromatic heterocycles. The molecule has 0 spiro atoms. The molecule has 0 fully saturated rings. The molecule has 0 aromatic carbocycles. The molecular weight excluding hydrogens is 263 g/mol. The van der Waals surface area contributed by atoms with Gasteiger partial charge in [0.15, 0.2) is 5.65 Å². The van der Waals surface area contributed by atoms with Crippen LogP contribution < -0.4 is 0 Å². The molecule has 0 amide bonds. The molecule has 0 saturated heterocycles. The molecule has 7 heteroatoms. The Morgan fingerprint density at radius 3 is 2.64 bits per heavy atom. The minimum absolute atomic E-state index is 0.0271. The first-order chi connectivity index (χ1) is 6.48. The van der Waals surface area contributed by atoms with E-state index in [1.807, 2.05) is 5.10 Å². The topological polar surface area (TPSA) is 41.6 Å². The molecule has 0 saturated carbocycles. The molecule has 0 radical (unpaired) electrons. The molecule has 3 nitrogen and oxygen atoms in total. The first-order valence-corrected chi connectivity index (χ1v) is 4.35. The fraction of sp³-hybridized carbons (Fsp3) is 0.143. The molecule has 14 heavy (non-hydrogen) atoms. The zero-order chi connectivity index (χ0) is 10.3. The number of pyridine rings is 1. The number of nitrogens with one attached hydrogen (secondary N) is 1. The quantitative estimate of drug-likeness (QED) is 0.745. The normalized spacial score (nSPS) is 12.3. The van der Waals surface area contributed by atoms with Crippen LogP contribution in [0, 0.1) is 0 Å². The fourth-order valence-electron chi connectivity index (χ4n) is 1.09. The highest BCUT2D eigenvalue weighted by molar-refractivity contribution is 9.10. The second-order valence-corrected chi connectivity index (χ2v) is 3.41. The smallest absolute Gasteiger partial charge is 0.271 e. The second-order valence-electron chi connectivity index (χ2n) is 2.60. The predicted octanol–water partition coefficient (Wildman–Crippen LogP) is 2.74. The number of hydrogen-bond donors (Lipinski definition) is 1. The average molecular weight is 266 g/mol. The highest BCUT2D eigenvalue weighted by Gasteiger charge is 2.35. The van der Waals surface area contributed by atoms with Crippen LogP contribution in [0.5, 0.6) is 0 Å². The van der Waals surface area contributed by atoms with Crippen molar-refractivity contribution in [3.05, 3.63) is 22.4 Å². The van der Waals surface area contributed by atoms with Crippen LogP contribution in [-0.4, -0.2) is 15.2 Å². The van der Waals surface area contributed by atoms with Crippen LogP contribution in [0.4, 0.5) is 13.2 Å². The van der Waals surface area contributed by atoms with Crippen molar-refractivity contribution < 1.29 is 13.2 Å². The first kappa shape index (κ1) is 9.45. The van der Waals surface area contributed by atoms with Crippen molar-refractivity contribution in [3.8, 4) is 0 Å². The first-order valence-electron chi connectivity index (χ1n) is 3.56.